The molecule has 0 radical (unpaired) electrons. The lowest BCUT2D eigenvalue weighted by molar-refractivity contribution is -0.223. The van der Waals surface area contributed by atoms with Crippen molar-refractivity contribution in [1.29, 1.82) is 0 Å². The van der Waals surface area contributed by atoms with E-state index in [1.54, 1.807) is 0 Å². The summed E-state index contributed by atoms with van der Waals surface area (Å²) in [4.78, 5) is 11.2. The first-order chi connectivity index (χ1) is 11.2. The molecule has 2 nitrogen and oxygen atoms in total. The molecule has 0 saturated heterocycles. The number of hydrogen-bond donors (Lipinski definition) is 1. The molecule has 2 aromatic carbocycles. The third kappa shape index (κ3) is 2.36. The van der Waals surface area contributed by atoms with Crippen LogP contribution < -0.4 is 0 Å². The molecule has 2 aromatic rings. The van der Waals surface area contributed by atoms with Crippen LogP contribution in [0.5, 0.6) is 0 Å². The average Bonchev–Trinajstić information content (AvgIpc) is 2.55. The zero-order chi connectivity index (χ0) is 17.7. The van der Waals surface area contributed by atoms with Gasteiger partial charge in [-0.25, -0.2) is 0 Å². The summed E-state index contributed by atoms with van der Waals surface area (Å²) >= 11 is 5.84. The summed E-state index contributed by atoms with van der Waals surface area (Å²) in [6, 6.07) is 7.87. The molecule has 0 bridgehead atoms. The Morgan fingerprint density at radius 1 is 1.00 bits per heavy atom. The van der Waals surface area contributed by atoms with Crippen LogP contribution in [0, 0.1) is 0 Å². The highest BCUT2D eigenvalue weighted by Crippen LogP contribution is 2.56. The van der Waals surface area contributed by atoms with E-state index in [-0.39, 0.29) is 16.1 Å². The Morgan fingerprint density at radius 2 is 1.58 bits per heavy atom. The van der Waals surface area contributed by atoms with Crippen LogP contribution in [0.15, 0.2) is 42.5 Å². The number of halogens is 5. The standard InChI is InChI=1S/C17H11ClF4O2/c18-9-5-6-14-12(7-9)11(8-15(23)24)10-3-1-2-4-13(10)16(19,20)17(14,21)22/h1-7,11H,8H2,(H,23,24). The molecule has 0 heterocycles. The van der Waals surface area contributed by atoms with Crippen molar-refractivity contribution in [2.45, 2.75) is 24.2 Å². The van der Waals surface area contributed by atoms with Gasteiger partial charge in [-0.15, -0.1) is 0 Å². The third-order valence-corrected chi connectivity index (χ3v) is 4.41. The summed E-state index contributed by atoms with van der Waals surface area (Å²) < 4.78 is 58.4. The number of carboxylic acid groups (broad SMARTS) is 1. The number of carboxylic acids is 1. The van der Waals surface area contributed by atoms with E-state index >= 15 is 0 Å². The fourth-order valence-corrected chi connectivity index (χ4v) is 3.28. The predicted molar refractivity (Wildman–Crippen MR) is 79.8 cm³/mol. The van der Waals surface area contributed by atoms with Crippen molar-refractivity contribution >= 4 is 17.6 Å². The normalized spacial score (nSPS) is 20.6. The summed E-state index contributed by atoms with van der Waals surface area (Å²) in [7, 11) is 0. The smallest absolute Gasteiger partial charge is 0.340 e. The molecular formula is C17H11ClF4O2. The molecular weight excluding hydrogens is 348 g/mol. The second kappa shape index (κ2) is 5.48. The maximum Gasteiger partial charge on any atom is 0.340 e. The quantitative estimate of drug-likeness (QED) is 0.754. The first-order valence-corrected chi connectivity index (χ1v) is 7.41. The maximum absolute atomic E-state index is 14.6. The van der Waals surface area contributed by atoms with E-state index in [1.165, 1.54) is 18.2 Å². The van der Waals surface area contributed by atoms with Gasteiger partial charge in [0.1, 0.15) is 0 Å². The molecule has 126 valence electrons. The minimum absolute atomic E-state index is 0.0719. The Morgan fingerprint density at radius 3 is 2.21 bits per heavy atom. The average molecular weight is 359 g/mol. The van der Waals surface area contributed by atoms with Gasteiger partial charge < -0.3 is 5.11 Å². The van der Waals surface area contributed by atoms with Crippen LogP contribution in [0.3, 0.4) is 0 Å². The molecule has 0 spiro atoms. The van der Waals surface area contributed by atoms with Crippen molar-refractivity contribution in [3.05, 3.63) is 69.7 Å². The summed E-state index contributed by atoms with van der Waals surface area (Å²) in [6.45, 7) is 0. The van der Waals surface area contributed by atoms with Gasteiger partial charge in [0.25, 0.3) is 0 Å². The lowest BCUT2D eigenvalue weighted by Crippen LogP contribution is -2.35. The van der Waals surface area contributed by atoms with Crippen molar-refractivity contribution in [2.75, 3.05) is 0 Å². The van der Waals surface area contributed by atoms with Gasteiger partial charge in [0.15, 0.2) is 0 Å². The Kier molecular flexibility index (Phi) is 3.83. The fraction of sp³-hybridized carbons (Fsp3) is 0.235. The number of fused-ring (bicyclic) bond motifs is 2. The van der Waals surface area contributed by atoms with Gasteiger partial charge >= 0.3 is 17.8 Å². The van der Waals surface area contributed by atoms with E-state index in [1.807, 2.05) is 0 Å². The van der Waals surface area contributed by atoms with Gasteiger partial charge in [0, 0.05) is 22.1 Å². The molecule has 1 N–H and O–H groups in total. The van der Waals surface area contributed by atoms with E-state index in [4.69, 9.17) is 16.7 Å². The van der Waals surface area contributed by atoms with Gasteiger partial charge in [-0.05, 0) is 23.3 Å². The molecule has 1 unspecified atom stereocenters. The maximum atomic E-state index is 14.6. The van der Waals surface area contributed by atoms with Crippen LogP contribution in [0.1, 0.15) is 34.6 Å². The topological polar surface area (TPSA) is 37.3 Å². The molecule has 0 fully saturated rings. The highest BCUT2D eigenvalue weighted by molar-refractivity contribution is 6.30. The van der Waals surface area contributed by atoms with Crippen molar-refractivity contribution in [1.82, 2.24) is 0 Å². The van der Waals surface area contributed by atoms with Gasteiger partial charge in [-0.3, -0.25) is 4.79 Å². The number of benzene rings is 2. The Labute approximate surface area is 139 Å². The van der Waals surface area contributed by atoms with Crippen LogP contribution in [0.2, 0.25) is 5.02 Å². The molecule has 0 aromatic heterocycles. The van der Waals surface area contributed by atoms with Gasteiger partial charge in [-0.1, -0.05) is 41.9 Å². The number of aliphatic carboxylic acids is 1. The molecule has 7 heteroatoms. The molecule has 24 heavy (non-hydrogen) atoms. The molecule has 1 aliphatic rings. The molecule has 1 aliphatic carbocycles. The van der Waals surface area contributed by atoms with Crippen LogP contribution in [-0.2, 0) is 16.6 Å². The lowest BCUT2D eigenvalue weighted by Gasteiger charge is -2.27. The van der Waals surface area contributed by atoms with Crippen LogP contribution in [0.4, 0.5) is 17.6 Å². The molecule has 0 saturated carbocycles. The van der Waals surface area contributed by atoms with Crippen LogP contribution >= 0.6 is 11.6 Å². The monoisotopic (exact) mass is 358 g/mol. The third-order valence-electron chi connectivity index (χ3n) is 4.17. The van der Waals surface area contributed by atoms with Gasteiger partial charge in [0.05, 0.1) is 6.42 Å². The van der Waals surface area contributed by atoms with Gasteiger partial charge in [-0.2, -0.15) is 17.6 Å². The van der Waals surface area contributed by atoms with E-state index in [0.29, 0.717) is 0 Å². The number of hydrogen-bond acceptors (Lipinski definition) is 1. The van der Waals surface area contributed by atoms with Crippen molar-refractivity contribution < 1.29 is 27.5 Å². The van der Waals surface area contributed by atoms with Crippen molar-refractivity contribution in [3.63, 3.8) is 0 Å². The largest absolute Gasteiger partial charge is 0.481 e. The molecule has 0 amide bonds. The predicted octanol–water partition coefficient (Wildman–Crippen LogP) is 5.14. The highest BCUT2D eigenvalue weighted by Gasteiger charge is 2.62. The Hall–Kier alpha value is -2.08. The minimum Gasteiger partial charge on any atom is -0.481 e. The summed E-state index contributed by atoms with van der Waals surface area (Å²) in [5.74, 6) is -11.4. The van der Waals surface area contributed by atoms with E-state index in [9.17, 15) is 22.4 Å². The lowest BCUT2D eigenvalue weighted by atomic mass is 9.85. The van der Waals surface area contributed by atoms with Crippen LogP contribution in [-0.4, -0.2) is 11.1 Å². The number of carbonyl (C=O) groups is 1. The highest BCUT2D eigenvalue weighted by atomic mass is 35.5. The van der Waals surface area contributed by atoms with Crippen molar-refractivity contribution in [3.8, 4) is 0 Å². The second-order valence-corrected chi connectivity index (χ2v) is 6.05. The molecule has 1 atom stereocenters. The van der Waals surface area contributed by atoms with Gasteiger partial charge in [0.2, 0.25) is 0 Å². The fourth-order valence-electron chi connectivity index (χ4n) is 3.09. The van der Waals surface area contributed by atoms with Crippen molar-refractivity contribution in [2.24, 2.45) is 0 Å². The zero-order valence-electron chi connectivity index (χ0n) is 12.1. The molecule has 0 aliphatic heterocycles. The zero-order valence-corrected chi connectivity index (χ0v) is 12.8. The summed E-state index contributed by atoms with van der Waals surface area (Å²) in [5.41, 5.74) is -2.10. The number of rotatable bonds is 2. The number of alkyl halides is 4. The second-order valence-electron chi connectivity index (χ2n) is 5.62. The van der Waals surface area contributed by atoms with E-state index in [0.717, 1.165) is 24.3 Å². The SMILES string of the molecule is O=C(O)CC1c2ccccc2C(F)(F)C(F)(F)c2ccc(Cl)cc21. The Balaban J connectivity index is 2.41. The first-order valence-electron chi connectivity index (χ1n) is 7.03. The summed E-state index contributed by atoms with van der Waals surface area (Å²) in [6.07, 6.45) is -0.601. The summed E-state index contributed by atoms with van der Waals surface area (Å²) in [5, 5.41) is 9.20. The first kappa shape index (κ1) is 16.8. The van der Waals surface area contributed by atoms with E-state index < -0.39 is 41.3 Å². The molecule has 3 rings (SSSR count). The van der Waals surface area contributed by atoms with E-state index in [2.05, 4.69) is 0 Å². The minimum atomic E-state index is -4.49. The van der Waals surface area contributed by atoms with Crippen LogP contribution in [0.25, 0.3) is 0 Å². The Bertz CT molecular complexity index is 820.